The molecule has 0 aromatic heterocycles. The van der Waals surface area contributed by atoms with E-state index in [0.29, 0.717) is 23.0 Å². The fourth-order valence-corrected chi connectivity index (χ4v) is 4.80. The second-order valence-electron chi connectivity index (χ2n) is 7.91. The van der Waals surface area contributed by atoms with Crippen molar-refractivity contribution in [3.05, 3.63) is 112 Å². The maximum absolute atomic E-state index is 12.6. The number of ether oxygens (including phenoxy) is 1. The Morgan fingerprint density at radius 2 is 1.91 bits per heavy atom. The summed E-state index contributed by atoms with van der Waals surface area (Å²) in [6.07, 6.45) is 5.41. The van der Waals surface area contributed by atoms with Crippen molar-refractivity contribution in [1.29, 1.82) is 0 Å². The Bertz CT molecular complexity index is 1210. The molecule has 1 aliphatic heterocycles. The van der Waals surface area contributed by atoms with Crippen LogP contribution in [0, 0.1) is 0 Å². The molecule has 0 spiro atoms. The summed E-state index contributed by atoms with van der Waals surface area (Å²) in [6.45, 7) is 6.38. The number of aryl methyl sites for hydroxylation is 1. The number of nitrogens with one attached hydrogen (secondary N) is 2. The number of hydrogen-bond donors (Lipinski definition) is 2. The summed E-state index contributed by atoms with van der Waals surface area (Å²) in [5, 5.41) is 7.03. The Kier molecular flexibility index (Phi) is 7.99. The van der Waals surface area contributed by atoms with Crippen LogP contribution in [0.25, 0.3) is 6.08 Å². The summed E-state index contributed by atoms with van der Waals surface area (Å²) < 4.78 is 6.06. The van der Waals surface area contributed by atoms with Crippen LogP contribution in [0.2, 0.25) is 5.02 Å². The highest BCUT2D eigenvalue weighted by Gasteiger charge is 2.27. The van der Waals surface area contributed by atoms with E-state index in [0.717, 1.165) is 34.5 Å². The molecule has 2 N–H and O–H groups in total. The normalized spacial score (nSPS) is 16.4. The predicted octanol–water partition coefficient (Wildman–Crippen LogP) is 6.81. The Hall–Kier alpha value is -3.15. The molecule has 0 saturated carbocycles. The molecule has 1 heterocycles. The lowest BCUT2D eigenvalue weighted by molar-refractivity contribution is -0.116. The van der Waals surface area contributed by atoms with E-state index in [1.807, 2.05) is 66.7 Å². The second kappa shape index (κ2) is 11.3. The fourth-order valence-electron chi connectivity index (χ4n) is 3.62. The predicted molar refractivity (Wildman–Crippen MR) is 143 cm³/mol. The van der Waals surface area contributed by atoms with Crippen LogP contribution in [0.4, 0.5) is 5.69 Å². The van der Waals surface area contributed by atoms with Gasteiger partial charge in [-0.15, -0.1) is 6.58 Å². The van der Waals surface area contributed by atoms with Crippen molar-refractivity contribution in [2.45, 2.75) is 31.9 Å². The molecule has 1 fully saturated rings. The number of rotatable bonds is 9. The lowest BCUT2D eigenvalue weighted by Gasteiger charge is -2.13. The number of halogens is 1. The Morgan fingerprint density at radius 3 is 2.65 bits per heavy atom. The quantitative estimate of drug-likeness (QED) is 0.255. The molecule has 3 aromatic carbocycles. The lowest BCUT2D eigenvalue weighted by Crippen LogP contribution is -2.30. The molecule has 0 unspecified atom stereocenters. The molecule has 4 nitrogen and oxygen atoms in total. The van der Waals surface area contributed by atoms with Crippen molar-refractivity contribution in [3.8, 4) is 5.75 Å². The molecule has 0 bridgehead atoms. The zero-order valence-corrected chi connectivity index (χ0v) is 20.6. The van der Waals surface area contributed by atoms with Gasteiger partial charge in [-0.05, 0) is 65.9 Å². The zero-order valence-electron chi connectivity index (χ0n) is 19.0. The Morgan fingerprint density at radius 1 is 1.12 bits per heavy atom. The highest BCUT2D eigenvalue weighted by molar-refractivity contribution is 8.05. The smallest absolute Gasteiger partial charge is 0.260 e. The molecule has 0 radical (unpaired) electrons. The lowest BCUT2D eigenvalue weighted by atomic mass is 10.1. The van der Waals surface area contributed by atoms with E-state index < -0.39 is 0 Å². The van der Waals surface area contributed by atoms with Crippen molar-refractivity contribution in [2.75, 3.05) is 5.32 Å². The van der Waals surface area contributed by atoms with E-state index in [1.54, 1.807) is 0 Å². The van der Waals surface area contributed by atoms with Crippen molar-refractivity contribution < 1.29 is 9.53 Å². The molecule has 1 atom stereocenters. The molecular weight excluding hydrogens is 464 g/mol. The van der Waals surface area contributed by atoms with E-state index in [4.69, 9.17) is 16.3 Å². The van der Waals surface area contributed by atoms with Gasteiger partial charge in [0.05, 0.1) is 4.91 Å². The first-order chi connectivity index (χ1) is 16.6. The van der Waals surface area contributed by atoms with Gasteiger partial charge in [-0.3, -0.25) is 4.79 Å². The average Bonchev–Trinajstić information content (AvgIpc) is 3.18. The summed E-state index contributed by atoms with van der Waals surface area (Å²) in [5.74, 6) is 0.692. The molecule has 0 aliphatic carbocycles. The molecule has 34 heavy (non-hydrogen) atoms. The SMILES string of the molecule is C=CCc1cc(/C=C2\S[C@@H](Nc3ccc(CC)cc3)NC2=O)ccc1OCc1ccccc1Cl. The summed E-state index contributed by atoms with van der Waals surface area (Å²) >= 11 is 7.73. The standard InChI is InChI=1S/C28H27ClN2O2S/c1-3-7-21-16-20(12-15-25(21)33-18-22-8-5-6-9-24(22)29)17-26-27(32)31-28(34-26)30-23-13-10-19(4-2)11-14-23/h3,5-6,8-17,28,30H,1,4,7,18H2,2H3,(H,31,32)/b26-17-/t28-/m0/s1. The molecule has 6 heteroatoms. The highest BCUT2D eigenvalue weighted by Crippen LogP contribution is 2.32. The number of hydrogen-bond acceptors (Lipinski definition) is 4. The van der Waals surface area contributed by atoms with Crippen LogP contribution in [0.1, 0.15) is 29.2 Å². The van der Waals surface area contributed by atoms with Gasteiger partial charge in [0.1, 0.15) is 12.4 Å². The van der Waals surface area contributed by atoms with E-state index >= 15 is 0 Å². The minimum Gasteiger partial charge on any atom is -0.489 e. The molecule has 4 rings (SSSR count). The van der Waals surface area contributed by atoms with Crippen molar-refractivity contribution >= 4 is 41.0 Å². The van der Waals surface area contributed by atoms with Gasteiger partial charge in [-0.1, -0.05) is 72.8 Å². The number of carbonyl (C=O) groups excluding carboxylic acids is 1. The van der Waals surface area contributed by atoms with Crippen LogP contribution < -0.4 is 15.4 Å². The van der Waals surface area contributed by atoms with Crippen molar-refractivity contribution in [1.82, 2.24) is 5.32 Å². The number of allylic oxidation sites excluding steroid dienone is 1. The molecule has 1 amide bonds. The first-order valence-electron chi connectivity index (χ1n) is 11.2. The molecule has 174 valence electrons. The zero-order chi connectivity index (χ0) is 23.9. The largest absolute Gasteiger partial charge is 0.489 e. The molecule has 1 aliphatic rings. The van der Waals surface area contributed by atoms with Crippen LogP contribution in [0.5, 0.6) is 5.75 Å². The van der Waals surface area contributed by atoms with Gasteiger partial charge in [0.25, 0.3) is 5.91 Å². The maximum atomic E-state index is 12.6. The van der Waals surface area contributed by atoms with Crippen molar-refractivity contribution in [3.63, 3.8) is 0 Å². The summed E-state index contributed by atoms with van der Waals surface area (Å²) in [5.41, 5.74) is 4.92. The fraction of sp³-hybridized carbons (Fsp3) is 0.179. The summed E-state index contributed by atoms with van der Waals surface area (Å²) in [7, 11) is 0. The minimum atomic E-state index is -0.211. The van der Waals surface area contributed by atoms with E-state index in [1.165, 1.54) is 17.3 Å². The van der Waals surface area contributed by atoms with Gasteiger partial charge in [-0.2, -0.15) is 0 Å². The van der Waals surface area contributed by atoms with Crippen molar-refractivity contribution in [2.24, 2.45) is 0 Å². The number of carbonyl (C=O) groups is 1. The highest BCUT2D eigenvalue weighted by atomic mass is 35.5. The van der Waals surface area contributed by atoms with Gasteiger partial charge < -0.3 is 15.4 Å². The monoisotopic (exact) mass is 490 g/mol. The van der Waals surface area contributed by atoms with Crippen LogP contribution in [0.3, 0.4) is 0 Å². The third-order valence-corrected chi connectivity index (χ3v) is 6.88. The summed E-state index contributed by atoms with van der Waals surface area (Å²) in [6, 6.07) is 21.8. The van der Waals surface area contributed by atoms with Gasteiger partial charge in [0.2, 0.25) is 0 Å². The van der Waals surface area contributed by atoms with E-state index in [9.17, 15) is 4.79 Å². The van der Waals surface area contributed by atoms with Crippen LogP contribution >= 0.6 is 23.4 Å². The summed E-state index contributed by atoms with van der Waals surface area (Å²) in [4.78, 5) is 13.2. The number of benzene rings is 3. The van der Waals surface area contributed by atoms with E-state index in [-0.39, 0.29) is 11.4 Å². The maximum Gasteiger partial charge on any atom is 0.260 e. The van der Waals surface area contributed by atoms with E-state index in [2.05, 4.69) is 36.3 Å². The number of anilines is 1. The second-order valence-corrected chi connectivity index (χ2v) is 9.47. The van der Waals surface area contributed by atoms with Gasteiger partial charge in [0.15, 0.2) is 5.50 Å². The first kappa shape index (κ1) is 24.0. The first-order valence-corrected chi connectivity index (χ1v) is 12.5. The van der Waals surface area contributed by atoms with Crippen LogP contribution in [-0.4, -0.2) is 11.4 Å². The van der Waals surface area contributed by atoms with Crippen LogP contribution in [0.15, 0.2) is 84.3 Å². The Balaban J connectivity index is 1.45. The van der Waals surface area contributed by atoms with Gasteiger partial charge >= 0.3 is 0 Å². The third-order valence-electron chi connectivity index (χ3n) is 5.48. The number of amides is 1. The molecule has 3 aromatic rings. The average molecular weight is 491 g/mol. The molecular formula is C28H27ClN2O2S. The van der Waals surface area contributed by atoms with Gasteiger partial charge in [0, 0.05) is 16.3 Å². The molecule has 1 saturated heterocycles. The topological polar surface area (TPSA) is 50.4 Å². The van der Waals surface area contributed by atoms with Gasteiger partial charge in [-0.25, -0.2) is 0 Å². The number of thioether (sulfide) groups is 1. The van der Waals surface area contributed by atoms with Crippen LogP contribution in [-0.2, 0) is 24.2 Å². The minimum absolute atomic E-state index is 0.0861. The Labute approximate surface area is 210 Å². The third kappa shape index (κ3) is 6.04.